The van der Waals surface area contributed by atoms with Gasteiger partial charge >= 0.3 is 0 Å². The van der Waals surface area contributed by atoms with Crippen LogP contribution in [0.25, 0.3) is 0 Å². The molecule has 0 radical (unpaired) electrons. The molecule has 0 amide bonds. The van der Waals surface area contributed by atoms with Crippen LogP contribution in [-0.4, -0.2) is 37.1 Å². The zero-order valence-corrected chi connectivity index (χ0v) is 11.8. The van der Waals surface area contributed by atoms with Crippen LogP contribution in [0.4, 0.5) is 0 Å². The molecule has 3 atom stereocenters. The van der Waals surface area contributed by atoms with Crippen LogP contribution in [0, 0.1) is 5.92 Å². The molecule has 2 fully saturated rings. The molecule has 1 saturated heterocycles. The molecule has 0 aromatic carbocycles. The first-order chi connectivity index (χ1) is 8.29. The lowest BCUT2D eigenvalue weighted by molar-refractivity contribution is 0.228. The van der Waals surface area contributed by atoms with Crippen LogP contribution in [0.1, 0.15) is 58.3 Å². The summed E-state index contributed by atoms with van der Waals surface area (Å²) in [5.74, 6) is 0.949. The predicted molar refractivity (Wildman–Crippen MR) is 74.3 cm³/mol. The lowest BCUT2D eigenvalue weighted by atomic mass is 9.82. The van der Waals surface area contributed by atoms with Crippen LogP contribution in [0.3, 0.4) is 0 Å². The van der Waals surface area contributed by atoms with Crippen LogP contribution in [-0.2, 0) is 0 Å². The van der Waals surface area contributed by atoms with Gasteiger partial charge in [0.15, 0.2) is 0 Å². The summed E-state index contributed by atoms with van der Waals surface area (Å²) in [5.41, 5.74) is 0. The third kappa shape index (κ3) is 3.96. The van der Waals surface area contributed by atoms with Crippen LogP contribution < -0.4 is 5.32 Å². The monoisotopic (exact) mass is 238 g/mol. The number of nitrogens with zero attached hydrogens (tertiary/aromatic N) is 1. The van der Waals surface area contributed by atoms with Crippen LogP contribution in [0.2, 0.25) is 0 Å². The van der Waals surface area contributed by atoms with Gasteiger partial charge in [-0.25, -0.2) is 0 Å². The summed E-state index contributed by atoms with van der Waals surface area (Å²) in [6, 6.07) is 1.61. The van der Waals surface area contributed by atoms with E-state index in [-0.39, 0.29) is 0 Å². The van der Waals surface area contributed by atoms with Crippen molar-refractivity contribution >= 4 is 0 Å². The van der Waals surface area contributed by atoms with E-state index in [2.05, 4.69) is 24.2 Å². The Morgan fingerprint density at radius 2 is 1.82 bits per heavy atom. The van der Waals surface area contributed by atoms with Gasteiger partial charge in [-0.1, -0.05) is 26.2 Å². The van der Waals surface area contributed by atoms with Crippen molar-refractivity contribution in [2.24, 2.45) is 5.92 Å². The highest BCUT2D eigenvalue weighted by Crippen LogP contribution is 2.27. The molecule has 0 spiro atoms. The Labute approximate surface area is 107 Å². The van der Waals surface area contributed by atoms with Crippen molar-refractivity contribution < 1.29 is 0 Å². The fourth-order valence-corrected chi connectivity index (χ4v) is 3.63. The van der Waals surface area contributed by atoms with Gasteiger partial charge in [-0.15, -0.1) is 0 Å². The highest BCUT2D eigenvalue weighted by molar-refractivity contribution is 4.84. The first-order valence-electron chi connectivity index (χ1n) is 7.74. The summed E-state index contributed by atoms with van der Waals surface area (Å²) in [5, 5.41) is 3.99. The van der Waals surface area contributed by atoms with Crippen molar-refractivity contribution in [3.8, 4) is 0 Å². The molecule has 2 aliphatic rings. The lowest BCUT2D eigenvalue weighted by Crippen LogP contribution is -2.44. The minimum absolute atomic E-state index is 0.789. The zero-order valence-electron chi connectivity index (χ0n) is 11.8. The van der Waals surface area contributed by atoms with E-state index >= 15 is 0 Å². The second kappa shape index (κ2) is 6.75. The van der Waals surface area contributed by atoms with Gasteiger partial charge in [-0.05, 0) is 58.2 Å². The zero-order chi connectivity index (χ0) is 12.1. The molecule has 0 aromatic rings. The van der Waals surface area contributed by atoms with Crippen molar-refractivity contribution in [3.63, 3.8) is 0 Å². The number of hydrogen-bond donors (Lipinski definition) is 1. The fourth-order valence-electron chi connectivity index (χ4n) is 3.63. The standard InChI is InChI=1S/C15H30N2/c1-3-13-7-4-5-9-15(13)16-14-8-6-11-17(2)12-10-14/h13-16H,3-12H2,1-2H3. The van der Waals surface area contributed by atoms with E-state index in [4.69, 9.17) is 0 Å². The first kappa shape index (κ1) is 13.4. The molecule has 1 aliphatic heterocycles. The van der Waals surface area contributed by atoms with E-state index in [1.165, 1.54) is 64.5 Å². The number of rotatable bonds is 3. The molecule has 1 heterocycles. The van der Waals surface area contributed by atoms with Gasteiger partial charge in [0.05, 0.1) is 0 Å². The van der Waals surface area contributed by atoms with E-state index in [0.29, 0.717) is 0 Å². The molecular weight excluding hydrogens is 208 g/mol. The highest BCUT2D eigenvalue weighted by atomic mass is 15.1. The van der Waals surface area contributed by atoms with Gasteiger partial charge in [0.1, 0.15) is 0 Å². The van der Waals surface area contributed by atoms with Gasteiger partial charge in [0, 0.05) is 12.1 Å². The fraction of sp³-hybridized carbons (Fsp3) is 1.00. The molecule has 2 nitrogen and oxygen atoms in total. The molecule has 1 saturated carbocycles. The van der Waals surface area contributed by atoms with E-state index in [1.807, 2.05) is 0 Å². The Balaban J connectivity index is 1.81. The van der Waals surface area contributed by atoms with Crippen molar-refractivity contribution in [3.05, 3.63) is 0 Å². The van der Waals surface area contributed by atoms with Crippen LogP contribution >= 0.6 is 0 Å². The Hall–Kier alpha value is -0.0800. The average molecular weight is 238 g/mol. The summed E-state index contributed by atoms with van der Waals surface area (Å²) in [6.45, 7) is 4.94. The summed E-state index contributed by atoms with van der Waals surface area (Å²) < 4.78 is 0. The summed E-state index contributed by atoms with van der Waals surface area (Å²) in [4.78, 5) is 2.49. The molecule has 17 heavy (non-hydrogen) atoms. The largest absolute Gasteiger partial charge is 0.311 e. The van der Waals surface area contributed by atoms with E-state index in [0.717, 1.165) is 18.0 Å². The molecule has 1 aliphatic carbocycles. The summed E-state index contributed by atoms with van der Waals surface area (Å²) in [7, 11) is 2.26. The Kier molecular flexibility index (Phi) is 5.30. The highest BCUT2D eigenvalue weighted by Gasteiger charge is 2.26. The number of likely N-dealkylation sites (tertiary alicyclic amines) is 1. The lowest BCUT2D eigenvalue weighted by Gasteiger charge is -2.34. The minimum Gasteiger partial charge on any atom is -0.311 e. The summed E-state index contributed by atoms with van der Waals surface area (Å²) >= 11 is 0. The Bertz CT molecular complexity index is 217. The van der Waals surface area contributed by atoms with Gasteiger partial charge in [0.25, 0.3) is 0 Å². The van der Waals surface area contributed by atoms with E-state index in [9.17, 15) is 0 Å². The van der Waals surface area contributed by atoms with Crippen molar-refractivity contribution in [1.82, 2.24) is 10.2 Å². The van der Waals surface area contributed by atoms with Gasteiger partial charge in [-0.2, -0.15) is 0 Å². The second-order valence-corrected chi connectivity index (χ2v) is 6.16. The minimum atomic E-state index is 0.789. The van der Waals surface area contributed by atoms with E-state index < -0.39 is 0 Å². The maximum Gasteiger partial charge on any atom is 0.00978 e. The second-order valence-electron chi connectivity index (χ2n) is 6.16. The molecule has 100 valence electrons. The molecule has 3 unspecified atom stereocenters. The maximum atomic E-state index is 3.99. The SMILES string of the molecule is CCC1CCCCC1NC1CCCN(C)CC1. The Morgan fingerprint density at radius 3 is 2.65 bits per heavy atom. The third-order valence-electron chi connectivity index (χ3n) is 4.83. The average Bonchev–Trinajstić information content (AvgIpc) is 2.55. The van der Waals surface area contributed by atoms with Crippen molar-refractivity contribution in [2.45, 2.75) is 70.4 Å². The molecule has 2 rings (SSSR count). The number of hydrogen-bond acceptors (Lipinski definition) is 2. The molecule has 0 aromatic heterocycles. The van der Waals surface area contributed by atoms with Gasteiger partial charge in [0.2, 0.25) is 0 Å². The molecule has 1 N–H and O–H groups in total. The molecular formula is C15H30N2. The van der Waals surface area contributed by atoms with Crippen LogP contribution in [0.15, 0.2) is 0 Å². The molecule has 2 heteroatoms. The van der Waals surface area contributed by atoms with E-state index in [1.54, 1.807) is 0 Å². The first-order valence-corrected chi connectivity index (χ1v) is 7.74. The van der Waals surface area contributed by atoms with Crippen molar-refractivity contribution in [1.29, 1.82) is 0 Å². The smallest absolute Gasteiger partial charge is 0.00978 e. The third-order valence-corrected chi connectivity index (χ3v) is 4.83. The quantitative estimate of drug-likeness (QED) is 0.813. The summed E-state index contributed by atoms with van der Waals surface area (Å²) in [6.07, 6.45) is 11.3. The van der Waals surface area contributed by atoms with Crippen molar-refractivity contribution in [2.75, 3.05) is 20.1 Å². The normalized spacial score (nSPS) is 36.7. The van der Waals surface area contributed by atoms with Crippen LogP contribution in [0.5, 0.6) is 0 Å². The maximum absolute atomic E-state index is 3.99. The number of nitrogens with one attached hydrogen (secondary N) is 1. The van der Waals surface area contributed by atoms with Gasteiger partial charge < -0.3 is 10.2 Å². The predicted octanol–water partition coefficient (Wildman–Crippen LogP) is 3.03. The molecule has 0 bridgehead atoms. The Morgan fingerprint density at radius 1 is 1.00 bits per heavy atom. The van der Waals surface area contributed by atoms with Gasteiger partial charge in [-0.3, -0.25) is 0 Å². The topological polar surface area (TPSA) is 15.3 Å².